The molecule has 156 valence electrons. The van der Waals surface area contributed by atoms with Crippen LogP contribution in [0, 0.1) is 25.2 Å². The Morgan fingerprint density at radius 3 is 2.26 bits per heavy atom. The van der Waals surface area contributed by atoms with Gasteiger partial charge in [-0.15, -0.1) is 0 Å². The maximum atomic E-state index is 12.6. The third kappa shape index (κ3) is 6.11. The van der Waals surface area contributed by atoms with E-state index in [0.29, 0.717) is 27.0 Å². The third-order valence-corrected chi connectivity index (χ3v) is 5.01. The number of carbonyl (C=O) groups is 1. The fourth-order valence-electron chi connectivity index (χ4n) is 2.82. The van der Waals surface area contributed by atoms with E-state index in [1.165, 1.54) is 6.08 Å². The zero-order valence-corrected chi connectivity index (χ0v) is 18.6. The van der Waals surface area contributed by atoms with Crippen LogP contribution >= 0.6 is 23.2 Å². The maximum Gasteiger partial charge on any atom is 0.266 e. The van der Waals surface area contributed by atoms with E-state index in [1.807, 2.05) is 56.3 Å². The number of hydrogen-bond donors (Lipinski definition) is 1. The topological polar surface area (TPSA) is 62.1 Å². The van der Waals surface area contributed by atoms with Gasteiger partial charge in [-0.25, -0.2) is 0 Å². The van der Waals surface area contributed by atoms with Crippen molar-refractivity contribution in [3.05, 3.63) is 98.5 Å². The van der Waals surface area contributed by atoms with Gasteiger partial charge in [-0.3, -0.25) is 4.79 Å². The van der Waals surface area contributed by atoms with Crippen LogP contribution in [0.4, 0.5) is 5.69 Å². The number of amides is 1. The Morgan fingerprint density at radius 1 is 1.03 bits per heavy atom. The highest BCUT2D eigenvalue weighted by Gasteiger charge is 2.15. The molecule has 0 saturated carbocycles. The van der Waals surface area contributed by atoms with Gasteiger partial charge >= 0.3 is 0 Å². The smallest absolute Gasteiger partial charge is 0.266 e. The number of carbonyl (C=O) groups excluding carboxylic acids is 1. The quantitative estimate of drug-likeness (QED) is 0.334. The van der Waals surface area contributed by atoms with E-state index < -0.39 is 5.91 Å². The van der Waals surface area contributed by atoms with E-state index in [9.17, 15) is 10.1 Å². The summed E-state index contributed by atoms with van der Waals surface area (Å²) in [6.45, 7) is 4.24. The minimum absolute atomic E-state index is 0.0981. The molecule has 3 aromatic rings. The number of anilines is 1. The van der Waals surface area contributed by atoms with E-state index in [2.05, 4.69) is 5.32 Å². The lowest BCUT2D eigenvalue weighted by atomic mass is 10.1. The molecule has 0 aliphatic rings. The molecular formula is C25H20Cl2N2O2. The van der Waals surface area contributed by atoms with Crippen LogP contribution in [-0.2, 0) is 11.4 Å². The average Bonchev–Trinajstić information content (AvgIpc) is 2.74. The first-order valence-corrected chi connectivity index (χ1v) is 10.3. The third-order valence-electron chi connectivity index (χ3n) is 4.52. The number of rotatable bonds is 6. The molecule has 0 aliphatic carbocycles. The average molecular weight is 451 g/mol. The maximum absolute atomic E-state index is 12.6. The molecule has 0 atom stereocenters. The molecule has 0 aromatic heterocycles. The lowest BCUT2D eigenvalue weighted by Gasteiger charge is -2.13. The van der Waals surface area contributed by atoms with E-state index in [-0.39, 0.29) is 12.2 Å². The van der Waals surface area contributed by atoms with Gasteiger partial charge in [-0.2, -0.15) is 5.26 Å². The number of benzene rings is 3. The molecule has 0 spiro atoms. The Balaban J connectivity index is 1.87. The molecule has 0 unspecified atom stereocenters. The van der Waals surface area contributed by atoms with E-state index in [0.717, 1.165) is 16.7 Å². The fourth-order valence-corrected chi connectivity index (χ4v) is 3.38. The molecule has 0 bridgehead atoms. The van der Waals surface area contributed by atoms with Crippen molar-refractivity contribution in [2.24, 2.45) is 0 Å². The van der Waals surface area contributed by atoms with Crippen molar-refractivity contribution in [2.45, 2.75) is 20.5 Å². The van der Waals surface area contributed by atoms with Gasteiger partial charge in [0.1, 0.15) is 24.0 Å². The molecule has 0 radical (unpaired) electrons. The fraction of sp³-hybridized carbons (Fsp3) is 0.120. The summed E-state index contributed by atoms with van der Waals surface area (Å²) in [6, 6.07) is 20.3. The Kier molecular flexibility index (Phi) is 7.36. The standard InChI is InChI=1S/C25H20Cl2N2O2/c1-16-3-7-18(8-4-16)15-31-24-19(12-21(26)13-23(24)27)11-20(14-28)25(30)29-22-9-5-17(2)6-10-22/h3-13H,15H2,1-2H3,(H,29,30)/b20-11+. The SMILES string of the molecule is Cc1ccc(COc2c(Cl)cc(Cl)cc2/C=C(\C#N)C(=O)Nc2ccc(C)cc2)cc1. The molecule has 0 fully saturated rings. The van der Waals surface area contributed by atoms with Gasteiger partial charge in [0.15, 0.2) is 0 Å². The highest BCUT2D eigenvalue weighted by Crippen LogP contribution is 2.34. The summed E-state index contributed by atoms with van der Waals surface area (Å²) in [5.74, 6) is -0.186. The van der Waals surface area contributed by atoms with Crippen LogP contribution in [0.15, 0.2) is 66.2 Å². The molecule has 6 heteroatoms. The lowest BCUT2D eigenvalue weighted by Crippen LogP contribution is -2.13. The molecule has 3 rings (SSSR count). The molecule has 0 aliphatic heterocycles. The van der Waals surface area contributed by atoms with Crippen molar-refractivity contribution in [1.29, 1.82) is 5.26 Å². The van der Waals surface area contributed by atoms with E-state index >= 15 is 0 Å². The minimum Gasteiger partial charge on any atom is -0.487 e. The Morgan fingerprint density at radius 2 is 1.65 bits per heavy atom. The monoisotopic (exact) mass is 450 g/mol. The summed E-state index contributed by atoms with van der Waals surface area (Å²) >= 11 is 12.5. The van der Waals surface area contributed by atoms with Gasteiger partial charge in [0.2, 0.25) is 0 Å². The summed E-state index contributed by atoms with van der Waals surface area (Å²) < 4.78 is 5.93. The number of ether oxygens (including phenoxy) is 1. The molecule has 1 N–H and O–H groups in total. The van der Waals surface area contributed by atoms with Crippen molar-refractivity contribution in [3.8, 4) is 11.8 Å². The summed E-state index contributed by atoms with van der Waals surface area (Å²) in [7, 11) is 0. The van der Waals surface area contributed by atoms with Gasteiger partial charge in [0.25, 0.3) is 5.91 Å². The van der Waals surface area contributed by atoms with Crippen molar-refractivity contribution in [2.75, 3.05) is 5.32 Å². The van der Waals surface area contributed by atoms with E-state index in [1.54, 1.807) is 24.3 Å². The number of nitrogens with one attached hydrogen (secondary N) is 1. The summed E-state index contributed by atoms with van der Waals surface area (Å²) in [5, 5.41) is 12.9. The summed E-state index contributed by atoms with van der Waals surface area (Å²) in [6.07, 6.45) is 1.42. The first-order chi connectivity index (χ1) is 14.9. The second kappa shape index (κ2) is 10.2. The number of halogens is 2. The summed E-state index contributed by atoms with van der Waals surface area (Å²) in [4.78, 5) is 12.6. The van der Waals surface area contributed by atoms with Crippen molar-refractivity contribution < 1.29 is 9.53 Å². The van der Waals surface area contributed by atoms with Gasteiger partial charge in [0.05, 0.1) is 5.02 Å². The van der Waals surface area contributed by atoms with Crippen LogP contribution in [0.1, 0.15) is 22.3 Å². The number of aryl methyl sites for hydroxylation is 2. The van der Waals surface area contributed by atoms with Crippen molar-refractivity contribution >= 4 is 40.9 Å². The van der Waals surface area contributed by atoms with Crippen LogP contribution < -0.4 is 10.1 Å². The van der Waals surface area contributed by atoms with E-state index in [4.69, 9.17) is 27.9 Å². The molecule has 0 heterocycles. The zero-order chi connectivity index (χ0) is 22.4. The zero-order valence-electron chi connectivity index (χ0n) is 17.1. The van der Waals surface area contributed by atoms with Crippen LogP contribution in [0.3, 0.4) is 0 Å². The largest absolute Gasteiger partial charge is 0.487 e. The highest BCUT2D eigenvalue weighted by atomic mass is 35.5. The second-order valence-electron chi connectivity index (χ2n) is 7.07. The van der Waals surface area contributed by atoms with Crippen LogP contribution in [0.25, 0.3) is 6.08 Å². The predicted octanol–water partition coefficient (Wildman–Crippen LogP) is 6.73. The normalized spacial score (nSPS) is 11.0. The van der Waals surface area contributed by atoms with Gasteiger partial charge in [0, 0.05) is 16.3 Å². The van der Waals surface area contributed by atoms with Crippen molar-refractivity contribution in [1.82, 2.24) is 0 Å². The van der Waals surface area contributed by atoms with Crippen molar-refractivity contribution in [3.63, 3.8) is 0 Å². The highest BCUT2D eigenvalue weighted by molar-refractivity contribution is 6.36. The first-order valence-electron chi connectivity index (χ1n) is 9.53. The van der Waals surface area contributed by atoms with Gasteiger partial charge in [-0.1, -0.05) is 70.7 Å². The van der Waals surface area contributed by atoms with Crippen LogP contribution in [-0.4, -0.2) is 5.91 Å². The molecule has 4 nitrogen and oxygen atoms in total. The Hall–Kier alpha value is -3.26. The molecule has 31 heavy (non-hydrogen) atoms. The van der Waals surface area contributed by atoms with Gasteiger partial charge in [-0.05, 0) is 49.8 Å². The Labute approximate surface area is 191 Å². The molecule has 3 aromatic carbocycles. The van der Waals surface area contributed by atoms with Crippen LogP contribution in [0.5, 0.6) is 5.75 Å². The Bertz CT molecular complexity index is 1160. The molecule has 0 saturated heterocycles. The van der Waals surface area contributed by atoms with Crippen LogP contribution in [0.2, 0.25) is 10.0 Å². The van der Waals surface area contributed by atoms with Gasteiger partial charge < -0.3 is 10.1 Å². The number of nitrogens with zero attached hydrogens (tertiary/aromatic N) is 1. The summed E-state index contributed by atoms with van der Waals surface area (Å²) in [5.41, 5.74) is 4.12. The number of nitriles is 1. The predicted molar refractivity (Wildman–Crippen MR) is 125 cm³/mol. The second-order valence-corrected chi connectivity index (χ2v) is 7.91. The minimum atomic E-state index is -0.535. The molecular weight excluding hydrogens is 431 g/mol. The lowest BCUT2D eigenvalue weighted by molar-refractivity contribution is -0.112. The number of hydrogen-bond acceptors (Lipinski definition) is 3. The first kappa shape index (κ1) is 22.4. The molecule has 1 amide bonds.